The van der Waals surface area contributed by atoms with E-state index in [1.165, 1.54) is 12.4 Å². The van der Waals surface area contributed by atoms with Crippen LogP contribution in [0.5, 0.6) is 0 Å². The summed E-state index contributed by atoms with van der Waals surface area (Å²) in [6, 6.07) is 8.62. The number of carbonyl (C=O) groups is 1. The van der Waals surface area contributed by atoms with Gasteiger partial charge in [0.1, 0.15) is 0 Å². The molecule has 0 spiro atoms. The van der Waals surface area contributed by atoms with Gasteiger partial charge in [-0.25, -0.2) is 0 Å². The van der Waals surface area contributed by atoms with E-state index in [1.54, 1.807) is 30.5 Å². The van der Waals surface area contributed by atoms with Crippen molar-refractivity contribution in [2.75, 3.05) is 5.32 Å². The van der Waals surface area contributed by atoms with Crippen LogP contribution in [0.25, 0.3) is 10.9 Å². The van der Waals surface area contributed by atoms with Gasteiger partial charge in [-0.15, -0.1) is 0 Å². The molecule has 0 saturated carbocycles. The average molecular weight is 318 g/mol. The monoisotopic (exact) mass is 317 g/mol. The van der Waals surface area contributed by atoms with Crippen LogP contribution in [0.4, 0.5) is 5.69 Å². The van der Waals surface area contributed by atoms with Crippen LogP contribution in [-0.2, 0) is 0 Å². The van der Waals surface area contributed by atoms with E-state index in [0.717, 1.165) is 5.39 Å². The standard InChI is InChI=1S/C15H9Cl2N3O/c16-11-3-4-13(10-2-1-6-19-14(10)11)20-15(21)9-5-7-18-8-12(9)17/h1-8H,(H,20,21). The van der Waals surface area contributed by atoms with E-state index in [4.69, 9.17) is 23.2 Å². The molecule has 104 valence electrons. The minimum atomic E-state index is -0.310. The fourth-order valence-electron chi connectivity index (χ4n) is 2.00. The lowest BCUT2D eigenvalue weighted by Crippen LogP contribution is -2.13. The van der Waals surface area contributed by atoms with Crippen molar-refractivity contribution in [3.05, 3.63) is 64.5 Å². The number of halogens is 2. The lowest BCUT2D eigenvalue weighted by Gasteiger charge is -2.10. The Kier molecular flexibility index (Phi) is 3.73. The molecule has 0 aliphatic heterocycles. The number of amides is 1. The second-order valence-corrected chi connectivity index (χ2v) is 5.12. The zero-order valence-electron chi connectivity index (χ0n) is 10.7. The molecule has 1 aromatic carbocycles. The number of nitrogens with zero attached hydrogens (tertiary/aromatic N) is 2. The van der Waals surface area contributed by atoms with Gasteiger partial charge in [-0.05, 0) is 30.3 Å². The largest absolute Gasteiger partial charge is 0.321 e. The van der Waals surface area contributed by atoms with E-state index in [2.05, 4.69) is 15.3 Å². The molecule has 2 aromatic heterocycles. The number of nitrogens with one attached hydrogen (secondary N) is 1. The van der Waals surface area contributed by atoms with E-state index < -0.39 is 0 Å². The molecular formula is C15H9Cl2N3O. The number of fused-ring (bicyclic) bond motifs is 1. The zero-order valence-corrected chi connectivity index (χ0v) is 12.2. The quantitative estimate of drug-likeness (QED) is 0.771. The van der Waals surface area contributed by atoms with Gasteiger partial charge in [0, 0.05) is 24.0 Å². The normalized spacial score (nSPS) is 10.6. The minimum Gasteiger partial charge on any atom is -0.321 e. The van der Waals surface area contributed by atoms with Gasteiger partial charge < -0.3 is 5.32 Å². The van der Waals surface area contributed by atoms with Crippen molar-refractivity contribution in [3.8, 4) is 0 Å². The molecule has 0 aliphatic rings. The molecule has 0 bridgehead atoms. The third-order valence-electron chi connectivity index (χ3n) is 2.99. The number of anilines is 1. The van der Waals surface area contributed by atoms with Crippen molar-refractivity contribution >= 4 is 45.7 Å². The smallest absolute Gasteiger partial charge is 0.257 e. The van der Waals surface area contributed by atoms with Gasteiger partial charge in [0.25, 0.3) is 5.91 Å². The van der Waals surface area contributed by atoms with E-state index >= 15 is 0 Å². The Hall–Kier alpha value is -2.17. The molecule has 0 radical (unpaired) electrons. The van der Waals surface area contributed by atoms with Crippen LogP contribution in [-0.4, -0.2) is 15.9 Å². The first-order valence-corrected chi connectivity index (χ1v) is 6.86. The number of rotatable bonds is 2. The van der Waals surface area contributed by atoms with E-state index in [1.807, 2.05) is 6.07 Å². The average Bonchev–Trinajstić information content (AvgIpc) is 2.51. The molecule has 0 saturated heterocycles. The highest BCUT2D eigenvalue weighted by atomic mass is 35.5. The second kappa shape index (κ2) is 5.68. The third-order valence-corrected chi connectivity index (χ3v) is 3.59. The predicted molar refractivity (Wildman–Crippen MR) is 84.0 cm³/mol. The molecule has 3 rings (SSSR count). The summed E-state index contributed by atoms with van der Waals surface area (Å²) < 4.78 is 0. The Morgan fingerprint density at radius 1 is 1.05 bits per heavy atom. The molecule has 0 fully saturated rings. The highest BCUT2D eigenvalue weighted by Crippen LogP contribution is 2.28. The molecule has 0 atom stereocenters. The maximum atomic E-state index is 12.3. The minimum absolute atomic E-state index is 0.298. The van der Waals surface area contributed by atoms with E-state index in [9.17, 15) is 4.79 Å². The molecule has 2 heterocycles. The summed E-state index contributed by atoms with van der Waals surface area (Å²) in [7, 11) is 0. The summed E-state index contributed by atoms with van der Waals surface area (Å²) in [6.45, 7) is 0. The Balaban J connectivity index is 2.01. The zero-order chi connectivity index (χ0) is 14.8. The summed E-state index contributed by atoms with van der Waals surface area (Å²) in [6.07, 6.45) is 4.60. The molecule has 21 heavy (non-hydrogen) atoms. The third kappa shape index (κ3) is 2.68. The highest BCUT2D eigenvalue weighted by molar-refractivity contribution is 6.36. The van der Waals surface area contributed by atoms with Crippen molar-refractivity contribution < 1.29 is 4.79 Å². The molecule has 6 heteroatoms. The molecule has 4 nitrogen and oxygen atoms in total. The molecular weight excluding hydrogens is 309 g/mol. The van der Waals surface area contributed by atoms with Gasteiger partial charge in [-0.3, -0.25) is 14.8 Å². The van der Waals surface area contributed by atoms with Gasteiger partial charge in [-0.1, -0.05) is 23.2 Å². The molecule has 3 aromatic rings. The second-order valence-electron chi connectivity index (χ2n) is 4.30. The van der Waals surface area contributed by atoms with Crippen molar-refractivity contribution in [1.82, 2.24) is 9.97 Å². The van der Waals surface area contributed by atoms with Crippen LogP contribution >= 0.6 is 23.2 Å². The number of hydrogen-bond donors (Lipinski definition) is 1. The maximum Gasteiger partial charge on any atom is 0.257 e. The topological polar surface area (TPSA) is 54.9 Å². The predicted octanol–water partition coefficient (Wildman–Crippen LogP) is 4.19. The number of aromatic nitrogens is 2. The Bertz CT molecular complexity index is 836. The van der Waals surface area contributed by atoms with Crippen molar-refractivity contribution in [1.29, 1.82) is 0 Å². The first kappa shape index (κ1) is 13.8. The summed E-state index contributed by atoms with van der Waals surface area (Å²) in [4.78, 5) is 20.4. The Labute approximate surface area is 130 Å². The highest BCUT2D eigenvalue weighted by Gasteiger charge is 2.13. The fourth-order valence-corrected chi connectivity index (χ4v) is 2.41. The summed E-state index contributed by atoms with van der Waals surface area (Å²) in [5.41, 5.74) is 1.62. The van der Waals surface area contributed by atoms with Crippen molar-refractivity contribution in [2.45, 2.75) is 0 Å². The van der Waals surface area contributed by atoms with Crippen LogP contribution in [0, 0.1) is 0 Å². The number of hydrogen-bond acceptors (Lipinski definition) is 3. The van der Waals surface area contributed by atoms with Crippen LogP contribution in [0.3, 0.4) is 0 Å². The summed E-state index contributed by atoms with van der Waals surface area (Å²) in [5, 5.41) is 4.42. The van der Waals surface area contributed by atoms with Gasteiger partial charge in [0.05, 0.1) is 26.8 Å². The van der Waals surface area contributed by atoms with E-state index in [-0.39, 0.29) is 5.91 Å². The van der Waals surface area contributed by atoms with Crippen LogP contribution < -0.4 is 5.32 Å². The molecule has 0 unspecified atom stereocenters. The van der Waals surface area contributed by atoms with Gasteiger partial charge in [-0.2, -0.15) is 0 Å². The van der Waals surface area contributed by atoms with Gasteiger partial charge in [0.15, 0.2) is 0 Å². The van der Waals surface area contributed by atoms with E-state index in [0.29, 0.717) is 26.8 Å². The molecule has 1 amide bonds. The maximum absolute atomic E-state index is 12.3. The van der Waals surface area contributed by atoms with Crippen LogP contribution in [0.1, 0.15) is 10.4 Å². The van der Waals surface area contributed by atoms with Gasteiger partial charge in [0.2, 0.25) is 0 Å². The lowest BCUT2D eigenvalue weighted by molar-refractivity contribution is 0.102. The SMILES string of the molecule is O=C(Nc1ccc(Cl)c2ncccc12)c1ccncc1Cl. The fraction of sp³-hybridized carbons (Fsp3) is 0. The first-order valence-electron chi connectivity index (χ1n) is 6.11. The summed E-state index contributed by atoms with van der Waals surface area (Å²) >= 11 is 12.1. The Morgan fingerprint density at radius 2 is 1.90 bits per heavy atom. The first-order chi connectivity index (χ1) is 10.2. The summed E-state index contributed by atoms with van der Waals surface area (Å²) in [5.74, 6) is -0.310. The number of carbonyl (C=O) groups excluding carboxylic acids is 1. The molecule has 0 aliphatic carbocycles. The van der Waals surface area contributed by atoms with Crippen LogP contribution in [0.2, 0.25) is 10.0 Å². The van der Waals surface area contributed by atoms with Crippen molar-refractivity contribution in [3.63, 3.8) is 0 Å². The number of pyridine rings is 2. The lowest BCUT2D eigenvalue weighted by atomic mass is 10.1. The number of benzene rings is 1. The Morgan fingerprint density at radius 3 is 2.71 bits per heavy atom. The van der Waals surface area contributed by atoms with Crippen LogP contribution in [0.15, 0.2) is 48.9 Å². The van der Waals surface area contributed by atoms with Gasteiger partial charge >= 0.3 is 0 Å². The van der Waals surface area contributed by atoms with Crippen molar-refractivity contribution in [2.24, 2.45) is 0 Å². The molecule has 1 N–H and O–H groups in total.